The van der Waals surface area contributed by atoms with Gasteiger partial charge in [-0.15, -0.1) is 12.6 Å². The lowest BCUT2D eigenvalue weighted by molar-refractivity contribution is -0.0510. The van der Waals surface area contributed by atoms with Crippen LogP contribution in [0.1, 0.15) is 5.56 Å². The number of alkyl halides is 3. The Balaban J connectivity index is 0.000000300. The van der Waals surface area contributed by atoms with E-state index in [1.54, 1.807) is 0 Å². The van der Waals surface area contributed by atoms with E-state index in [2.05, 4.69) is 80.2 Å². The molecule has 0 fully saturated rings. The molecule has 0 aliphatic carbocycles. The van der Waals surface area contributed by atoms with Crippen molar-refractivity contribution in [1.82, 2.24) is 0 Å². The molecule has 1 N–H and O–H groups in total. The largest absolute Gasteiger partial charge is 0.522 e. The second-order valence-corrected chi connectivity index (χ2v) is 7.70. The molecule has 28 heavy (non-hydrogen) atoms. The van der Waals surface area contributed by atoms with E-state index in [1.807, 2.05) is 12.1 Å². The van der Waals surface area contributed by atoms with E-state index in [-0.39, 0.29) is 0 Å². The Labute approximate surface area is 167 Å². The van der Waals surface area contributed by atoms with Gasteiger partial charge in [0.1, 0.15) is 0 Å². The zero-order valence-corrected chi connectivity index (χ0v) is 16.4. The van der Waals surface area contributed by atoms with Crippen molar-refractivity contribution in [3.63, 3.8) is 0 Å². The zero-order chi connectivity index (χ0) is 20.9. The Morgan fingerprint density at radius 1 is 0.786 bits per heavy atom. The van der Waals surface area contributed by atoms with Gasteiger partial charge >= 0.3 is 15.6 Å². The van der Waals surface area contributed by atoms with Crippen molar-refractivity contribution >= 4 is 22.7 Å². The summed E-state index contributed by atoms with van der Waals surface area (Å²) < 4.78 is 57.5. The summed E-state index contributed by atoms with van der Waals surface area (Å²) in [6.45, 7) is 2.15. The number of rotatable bonds is 2. The molecule has 0 saturated carbocycles. The van der Waals surface area contributed by atoms with Gasteiger partial charge in [0.25, 0.3) is 0 Å². The Bertz CT molecular complexity index is 969. The van der Waals surface area contributed by atoms with Crippen molar-refractivity contribution in [2.75, 3.05) is 0 Å². The summed E-state index contributed by atoms with van der Waals surface area (Å²) in [5, 5.41) is 0. The number of hydrogen-bond donors (Lipinski definition) is 2. The van der Waals surface area contributed by atoms with Gasteiger partial charge in [-0.3, -0.25) is 4.55 Å². The lowest BCUT2D eigenvalue weighted by atomic mass is 9.91. The predicted octanol–water partition coefficient (Wildman–Crippen LogP) is 6.01. The number of thiol groups is 1. The standard InChI is InChI=1S/C19H16S.CHF3O3S/c1-14-12-13-17(20)19(16-10-6-3-7-11-16)18(14)15-8-4-2-5-9-15;2-1(3,4)8(5,6)7/h2-13,20H,1H3;(H,5,6,7). The van der Waals surface area contributed by atoms with E-state index in [0.717, 1.165) is 4.90 Å². The second-order valence-electron chi connectivity index (χ2n) is 5.80. The van der Waals surface area contributed by atoms with Crippen molar-refractivity contribution < 1.29 is 26.1 Å². The average Bonchev–Trinajstić information content (AvgIpc) is 2.63. The van der Waals surface area contributed by atoms with E-state index < -0.39 is 15.6 Å². The monoisotopic (exact) mass is 426 g/mol. The maximum atomic E-state index is 10.7. The van der Waals surface area contributed by atoms with Gasteiger partial charge in [-0.1, -0.05) is 66.7 Å². The van der Waals surface area contributed by atoms with Crippen LogP contribution < -0.4 is 0 Å². The molecule has 0 radical (unpaired) electrons. The lowest BCUT2D eigenvalue weighted by Gasteiger charge is -2.15. The molecule has 0 spiro atoms. The van der Waals surface area contributed by atoms with Crippen LogP contribution in [0, 0.1) is 6.92 Å². The van der Waals surface area contributed by atoms with Gasteiger partial charge in [-0.25, -0.2) is 0 Å². The number of hydrogen-bond acceptors (Lipinski definition) is 3. The molecule has 0 saturated heterocycles. The maximum Gasteiger partial charge on any atom is 0.522 e. The van der Waals surface area contributed by atoms with Crippen LogP contribution in [-0.4, -0.2) is 18.5 Å². The fourth-order valence-electron chi connectivity index (χ4n) is 2.57. The number of aryl methyl sites for hydroxylation is 1. The number of halogens is 3. The minimum Gasteiger partial charge on any atom is -0.279 e. The van der Waals surface area contributed by atoms with E-state index in [9.17, 15) is 13.2 Å². The van der Waals surface area contributed by atoms with Crippen LogP contribution in [-0.2, 0) is 10.1 Å². The van der Waals surface area contributed by atoms with E-state index >= 15 is 0 Å². The fourth-order valence-corrected chi connectivity index (χ4v) is 2.89. The third-order valence-electron chi connectivity index (χ3n) is 3.81. The van der Waals surface area contributed by atoms with Crippen molar-refractivity contribution in [1.29, 1.82) is 0 Å². The first-order valence-corrected chi connectivity index (χ1v) is 9.88. The Hall–Kier alpha value is -2.29. The fraction of sp³-hybridized carbons (Fsp3) is 0.100. The molecule has 0 aromatic heterocycles. The van der Waals surface area contributed by atoms with Gasteiger partial charge in [-0.05, 0) is 35.2 Å². The van der Waals surface area contributed by atoms with Crippen LogP contribution in [0.4, 0.5) is 13.2 Å². The molecule has 3 rings (SSSR count). The molecule has 3 aromatic rings. The van der Waals surface area contributed by atoms with Gasteiger partial charge in [0, 0.05) is 10.5 Å². The van der Waals surface area contributed by atoms with Gasteiger partial charge in [0.15, 0.2) is 0 Å². The van der Waals surface area contributed by atoms with E-state index in [4.69, 9.17) is 13.0 Å². The summed E-state index contributed by atoms with van der Waals surface area (Å²) >= 11 is 4.68. The smallest absolute Gasteiger partial charge is 0.279 e. The molecular weight excluding hydrogens is 409 g/mol. The van der Waals surface area contributed by atoms with Crippen LogP contribution in [0.5, 0.6) is 0 Å². The highest BCUT2D eigenvalue weighted by molar-refractivity contribution is 7.86. The summed E-state index contributed by atoms with van der Waals surface area (Å²) in [5.74, 6) is 0. The summed E-state index contributed by atoms with van der Waals surface area (Å²) in [6.07, 6.45) is 0. The molecular formula is C20H17F3O3S2. The highest BCUT2D eigenvalue weighted by Gasteiger charge is 2.44. The molecule has 3 nitrogen and oxygen atoms in total. The minimum absolute atomic E-state index is 1.01. The molecule has 0 bridgehead atoms. The first-order valence-electron chi connectivity index (χ1n) is 7.99. The molecule has 0 atom stereocenters. The van der Waals surface area contributed by atoms with Crippen molar-refractivity contribution in [2.24, 2.45) is 0 Å². The first kappa shape index (κ1) is 22.0. The maximum absolute atomic E-state index is 10.7. The predicted molar refractivity (Wildman–Crippen MR) is 107 cm³/mol. The van der Waals surface area contributed by atoms with Crippen LogP contribution in [0.2, 0.25) is 0 Å². The quantitative estimate of drug-likeness (QED) is 0.300. The van der Waals surface area contributed by atoms with Crippen LogP contribution >= 0.6 is 12.6 Å². The SMILES string of the molecule is Cc1ccc(S)c(-c2ccccc2)c1-c1ccccc1.O=S(=O)(O)C(F)(F)F. The topological polar surface area (TPSA) is 54.4 Å². The summed E-state index contributed by atoms with van der Waals surface area (Å²) in [5.41, 5.74) is 0.657. The van der Waals surface area contributed by atoms with Gasteiger partial charge in [0.05, 0.1) is 0 Å². The Kier molecular flexibility index (Phi) is 6.92. The van der Waals surface area contributed by atoms with Crippen LogP contribution in [0.25, 0.3) is 22.3 Å². The molecule has 0 aliphatic rings. The zero-order valence-electron chi connectivity index (χ0n) is 14.7. The molecule has 148 valence electrons. The lowest BCUT2D eigenvalue weighted by Crippen LogP contribution is -2.21. The van der Waals surface area contributed by atoms with Gasteiger partial charge in [0.2, 0.25) is 0 Å². The number of benzene rings is 3. The molecule has 0 aliphatic heterocycles. The Morgan fingerprint density at radius 3 is 1.57 bits per heavy atom. The second kappa shape index (κ2) is 8.81. The molecule has 0 unspecified atom stereocenters. The van der Waals surface area contributed by atoms with Crippen molar-refractivity contribution in [3.05, 3.63) is 78.4 Å². The Morgan fingerprint density at radius 2 is 1.18 bits per heavy atom. The van der Waals surface area contributed by atoms with Gasteiger partial charge < -0.3 is 0 Å². The van der Waals surface area contributed by atoms with Crippen molar-refractivity contribution in [2.45, 2.75) is 17.3 Å². The highest BCUT2D eigenvalue weighted by Crippen LogP contribution is 2.38. The van der Waals surface area contributed by atoms with Crippen LogP contribution in [0.15, 0.2) is 77.7 Å². The molecule has 0 heterocycles. The summed E-state index contributed by atoms with van der Waals surface area (Å²) in [7, 11) is -5.84. The third-order valence-corrected chi connectivity index (χ3v) is 4.77. The molecule has 8 heteroatoms. The molecule has 3 aromatic carbocycles. The van der Waals surface area contributed by atoms with E-state index in [0.29, 0.717) is 0 Å². The van der Waals surface area contributed by atoms with Gasteiger partial charge in [-0.2, -0.15) is 21.6 Å². The minimum atomic E-state index is -5.84. The first-order chi connectivity index (χ1) is 13.0. The normalized spacial score (nSPS) is 11.5. The third kappa shape index (κ3) is 5.37. The van der Waals surface area contributed by atoms with Crippen molar-refractivity contribution in [3.8, 4) is 22.3 Å². The molecule has 0 amide bonds. The summed E-state index contributed by atoms with van der Waals surface area (Å²) in [6, 6.07) is 25.2. The van der Waals surface area contributed by atoms with Crippen LogP contribution in [0.3, 0.4) is 0 Å². The summed E-state index contributed by atoms with van der Waals surface area (Å²) in [4.78, 5) is 1.01. The van der Waals surface area contributed by atoms with E-state index in [1.165, 1.54) is 27.8 Å². The average molecular weight is 426 g/mol. The highest BCUT2D eigenvalue weighted by atomic mass is 32.2.